The lowest BCUT2D eigenvalue weighted by atomic mass is 10.2. The van der Waals surface area contributed by atoms with Crippen LogP contribution >= 0.6 is 22.9 Å². The quantitative estimate of drug-likeness (QED) is 0.896. The minimum absolute atomic E-state index is 0.167. The molecule has 1 aliphatic rings. The summed E-state index contributed by atoms with van der Waals surface area (Å²) in [6.07, 6.45) is 1.72. The zero-order valence-corrected chi connectivity index (χ0v) is 14.3. The maximum Gasteiger partial charge on any atom is 0.275 e. The summed E-state index contributed by atoms with van der Waals surface area (Å²) < 4.78 is 4.22. The smallest absolute Gasteiger partial charge is 0.275 e. The first kappa shape index (κ1) is 15.4. The van der Waals surface area contributed by atoms with Crippen LogP contribution in [0.1, 0.15) is 35.3 Å². The van der Waals surface area contributed by atoms with Gasteiger partial charge in [-0.15, -0.1) is 11.3 Å². The summed E-state index contributed by atoms with van der Waals surface area (Å²) in [6.45, 7) is 7.92. The number of thiazole rings is 1. The van der Waals surface area contributed by atoms with Gasteiger partial charge in [0.2, 0.25) is 0 Å². The Morgan fingerprint density at radius 1 is 1.41 bits per heavy atom. The maximum absolute atomic E-state index is 12.4. The Bertz CT molecular complexity index is 645. The monoisotopic (exact) mass is 337 g/mol. The molecule has 0 aromatic carbocycles. The molecule has 0 aliphatic carbocycles. The number of hydrogen-bond acceptors (Lipinski definition) is 7. The highest BCUT2D eigenvalue weighted by Gasteiger charge is 2.19. The number of nitrogens with zero attached hydrogens (tertiary/aromatic N) is 3. The van der Waals surface area contributed by atoms with E-state index in [1.165, 1.54) is 22.9 Å². The second-order valence-electron chi connectivity index (χ2n) is 5.46. The second-order valence-corrected chi connectivity index (χ2v) is 7.13. The second kappa shape index (κ2) is 6.72. The van der Waals surface area contributed by atoms with Crippen LogP contribution in [0.15, 0.2) is 11.6 Å². The molecule has 0 spiro atoms. The Morgan fingerprint density at radius 3 is 2.86 bits per heavy atom. The van der Waals surface area contributed by atoms with Crippen molar-refractivity contribution in [2.45, 2.75) is 19.8 Å². The molecule has 0 saturated carbocycles. The van der Waals surface area contributed by atoms with Crippen LogP contribution in [-0.4, -0.2) is 41.4 Å². The number of nitrogens with one attached hydrogen (secondary N) is 2. The van der Waals surface area contributed by atoms with Gasteiger partial charge in [0.1, 0.15) is 10.7 Å². The van der Waals surface area contributed by atoms with Crippen molar-refractivity contribution in [1.82, 2.24) is 14.7 Å². The summed E-state index contributed by atoms with van der Waals surface area (Å²) in [6, 6.07) is 0. The number of carbonyl (C=O) groups excluding carboxylic acids is 1. The largest absolute Gasteiger partial charge is 0.358 e. The minimum Gasteiger partial charge on any atom is -0.358 e. The van der Waals surface area contributed by atoms with E-state index >= 15 is 0 Å². The molecule has 118 valence electrons. The third-order valence-corrected chi connectivity index (χ3v) is 5.46. The van der Waals surface area contributed by atoms with Gasteiger partial charge in [0.05, 0.1) is 16.9 Å². The first-order valence-corrected chi connectivity index (χ1v) is 8.97. The average molecular weight is 337 g/mol. The molecule has 3 heterocycles. The Hall–Kier alpha value is -1.51. The van der Waals surface area contributed by atoms with Gasteiger partial charge >= 0.3 is 0 Å². The standard InChI is InChI=1S/C14H19N5OS2/c1-9(2)13-18-11(8-21-13)12(20)17-10-7-16-22-14(10)19-5-3-15-4-6-19/h7-9,15H,3-6H2,1-2H3,(H,17,20). The third-order valence-electron chi connectivity index (χ3n) is 3.45. The van der Waals surface area contributed by atoms with Crippen molar-refractivity contribution in [3.63, 3.8) is 0 Å². The number of hydrogen-bond donors (Lipinski definition) is 2. The van der Waals surface area contributed by atoms with Crippen molar-refractivity contribution in [3.05, 3.63) is 22.3 Å². The molecule has 8 heteroatoms. The van der Waals surface area contributed by atoms with Crippen molar-refractivity contribution in [1.29, 1.82) is 0 Å². The minimum atomic E-state index is -0.167. The summed E-state index contributed by atoms with van der Waals surface area (Å²) in [5.41, 5.74) is 1.25. The van der Waals surface area contributed by atoms with Crippen LogP contribution in [0.2, 0.25) is 0 Å². The first-order chi connectivity index (χ1) is 10.6. The average Bonchev–Trinajstić information content (AvgIpc) is 3.17. The van der Waals surface area contributed by atoms with Gasteiger partial charge in [-0.25, -0.2) is 4.98 Å². The number of rotatable bonds is 4. The molecule has 0 radical (unpaired) electrons. The van der Waals surface area contributed by atoms with Crippen LogP contribution in [-0.2, 0) is 0 Å². The number of amides is 1. The molecular formula is C14H19N5OS2. The zero-order chi connectivity index (χ0) is 15.5. The van der Waals surface area contributed by atoms with Crippen molar-refractivity contribution in [2.24, 2.45) is 0 Å². The first-order valence-electron chi connectivity index (χ1n) is 7.32. The lowest BCUT2D eigenvalue weighted by Gasteiger charge is -2.28. The molecule has 1 aliphatic heterocycles. The third kappa shape index (κ3) is 3.29. The summed E-state index contributed by atoms with van der Waals surface area (Å²) in [7, 11) is 0. The number of anilines is 2. The fourth-order valence-electron chi connectivity index (χ4n) is 2.26. The summed E-state index contributed by atoms with van der Waals surface area (Å²) in [5, 5.41) is 10.1. The van der Waals surface area contributed by atoms with E-state index in [9.17, 15) is 4.79 Å². The fourth-order valence-corrected chi connectivity index (χ4v) is 3.83. The van der Waals surface area contributed by atoms with Gasteiger partial charge in [-0.1, -0.05) is 13.8 Å². The SMILES string of the molecule is CC(C)c1nc(C(=O)Nc2cnsc2N2CCNCC2)cs1. The molecule has 0 atom stereocenters. The lowest BCUT2D eigenvalue weighted by Crippen LogP contribution is -2.43. The molecule has 0 bridgehead atoms. The number of aromatic nitrogens is 2. The van der Waals surface area contributed by atoms with E-state index in [0.717, 1.165) is 41.9 Å². The van der Waals surface area contributed by atoms with Crippen molar-refractivity contribution >= 4 is 39.5 Å². The van der Waals surface area contributed by atoms with Crippen molar-refractivity contribution in [3.8, 4) is 0 Å². The van der Waals surface area contributed by atoms with Gasteiger partial charge in [0.15, 0.2) is 0 Å². The van der Waals surface area contributed by atoms with Crippen LogP contribution in [0.5, 0.6) is 0 Å². The highest BCUT2D eigenvalue weighted by Crippen LogP contribution is 2.31. The molecule has 1 fully saturated rings. The molecule has 2 aromatic rings. The van der Waals surface area contributed by atoms with E-state index in [2.05, 4.69) is 38.7 Å². The van der Waals surface area contributed by atoms with Gasteiger partial charge in [0, 0.05) is 37.5 Å². The van der Waals surface area contributed by atoms with Gasteiger partial charge in [-0.2, -0.15) is 4.37 Å². The number of piperazine rings is 1. The topological polar surface area (TPSA) is 70.2 Å². The normalized spacial score (nSPS) is 15.3. The molecule has 1 amide bonds. The van der Waals surface area contributed by atoms with Gasteiger partial charge in [0.25, 0.3) is 5.91 Å². The van der Waals surface area contributed by atoms with Crippen molar-refractivity contribution < 1.29 is 4.79 Å². The highest BCUT2D eigenvalue weighted by atomic mass is 32.1. The van der Waals surface area contributed by atoms with Crippen LogP contribution in [0.4, 0.5) is 10.7 Å². The molecule has 1 saturated heterocycles. The van der Waals surface area contributed by atoms with E-state index in [-0.39, 0.29) is 5.91 Å². The predicted molar refractivity (Wildman–Crippen MR) is 91.4 cm³/mol. The molecule has 2 aromatic heterocycles. The van der Waals surface area contributed by atoms with E-state index in [4.69, 9.17) is 0 Å². The molecule has 0 unspecified atom stereocenters. The predicted octanol–water partition coefficient (Wildman–Crippen LogP) is 2.38. The van der Waals surface area contributed by atoms with Gasteiger partial charge < -0.3 is 15.5 Å². The highest BCUT2D eigenvalue weighted by molar-refractivity contribution is 7.11. The van der Waals surface area contributed by atoms with Gasteiger partial charge in [-0.3, -0.25) is 4.79 Å². The molecule has 2 N–H and O–H groups in total. The zero-order valence-electron chi connectivity index (χ0n) is 12.6. The van der Waals surface area contributed by atoms with Crippen LogP contribution in [0.25, 0.3) is 0 Å². The van der Waals surface area contributed by atoms with E-state index in [0.29, 0.717) is 11.6 Å². The van der Waals surface area contributed by atoms with Crippen LogP contribution in [0, 0.1) is 0 Å². The van der Waals surface area contributed by atoms with Crippen LogP contribution < -0.4 is 15.5 Å². The summed E-state index contributed by atoms with van der Waals surface area (Å²) in [4.78, 5) is 19.0. The fraction of sp³-hybridized carbons (Fsp3) is 0.500. The van der Waals surface area contributed by atoms with Gasteiger partial charge in [-0.05, 0) is 11.5 Å². The Morgan fingerprint density at radius 2 is 2.18 bits per heavy atom. The van der Waals surface area contributed by atoms with E-state index < -0.39 is 0 Å². The van der Waals surface area contributed by atoms with E-state index in [1.807, 2.05) is 5.38 Å². The summed E-state index contributed by atoms with van der Waals surface area (Å²) >= 11 is 2.95. The Kier molecular flexibility index (Phi) is 4.70. The Labute approximate surface area is 137 Å². The van der Waals surface area contributed by atoms with E-state index in [1.54, 1.807) is 6.20 Å². The number of carbonyl (C=O) groups is 1. The molecule has 6 nitrogen and oxygen atoms in total. The maximum atomic E-state index is 12.4. The molecule has 22 heavy (non-hydrogen) atoms. The lowest BCUT2D eigenvalue weighted by molar-refractivity contribution is 0.102. The molecular weight excluding hydrogens is 318 g/mol. The van der Waals surface area contributed by atoms with Crippen LogP contribution in [0.3, 0.4) is 0 Å². The van der Waals surface area contributed by atoms with Crippen molar-refractivity contribution in [2.75, 3.05) is 36.4 Å². The molecule has 3 rings (SSSR count). The summed E-state index contributed by atoms with van der Waals surface area (Å²) in [5.74, 6) is 0.172. The Balaban J connectivity index is 1.72.